The Labute approximate surface area is 160 Å². The molecule has 3 nitrogen and oxygen atoms in total. The molecule has 0 amide bonds. The summed E-state index contributed by atoms with van der Waals surface area (Å²) in [5.74, 6) is -0.535. The second kappa shape index (κ2) is 7.53. The van der Waals surface area contributed by atoms with E-state index in [1.165, 1.54) is 16.4 Å². The molecule has 0 saturated carbocycles. The zero-order valence-electron chi connectivity index (χ0n) is 15.6. The van der Waals surface area contributed by atoms with Crippen LogP contribution < -0.4 is 4.31 Å². The van der Waals surface area contributed by atoms with Crippen LogP contribution in [-0.4, -0.2) is 8.42 Å². The summed E-state index contributed by atoms with van der Waals surface area (Å²) in [5.41, 5.74) is 2.84. The average Bonchev–Trinajstić information content (AvgIpc) is 2.66. The minimum Gasteiger partial charge on any atom is -0.259 e. The van der Waals surface area contributed by atoms with Crippen molar-refractivity contribution in [1.29, 1.82) is 0 Å². The smallest absolute Gasteiger partial charge is 0.259 e. The maximum Gasteiger partial charge on any atom is 0.264 e. The van der Waals surface area contributed by atoms with Crippen molar-refractivity contribution in [1.82, 2.24) is 0 Å². The van der Waals surface area contributed by atoms with Gasteiger partial charge >= 0.3 is 0 Å². The van der Waals surface area contributed by atoms with Crippen molar-refractivity contribution in [2.24, 2.45) is 0 Å². The van der Waals surface area contributed by atoms with E-state index in [9.17, 15) is 12.8 Å². The second-order valence-electron chi connectivity index (χ2n) is 6.63. The van der Waals surface area contributed by atoms with Crippen molar-refractivity contribution in [2.75, 3.05) is 4.31 Å². The summed E-state index contributed by atoms with van der Waals surface area (Å²) in [5, 5.41) is 0. The van der Waals surface area contributed by atoms with Crippen molar-refractivity contribution >= 4 is 15.7 Å². The number of rotatable bonds is 5. The molecule has 0 unspecified atom stereocenters. The average molecular weight is 383 g/mol. The first-order valence-electron chi connectivity index (χ1n) is 8.73. The molecule has 3 aromatic carbocycles. The fourth-order valence-electron chi connectivity index (χ4n) is 2.98. The van der Waals surface area contributed by atoms with Gasteiger partial charge in [0.25, 0.3) is 10.0 Å². The fourth-order valence-corrected chi connectivity index (χ4v) is 4.63. The van der Waals surface area contributed by atoms with E-state index >= 15 is 0 Å². The Balaban J connectivity index is 2.16. The molecule has 0 aliphatic carbocycles. The van der Waals surface area contributed by atoms with E-state index in [-0.39, 0.29) is 4.90 Å². The molecule has 0 fully saturated rings. The highest BCUT2D eigenvalue weighted by Crippen LogP contribution is 2.33. The molecule has 0 heterocycles. The van der Waals surface area contributed by atoms with E-state index in [1.807, 2.05) is 56.3 Å². The van der Waals surface area contributed by atoms with Gasteiger partial charge in [0.1, 0.15) is 5.82 Å². The summed E-state index contributed by atoms with van der Waals surface area (Å²) in [6, 6.07) is 20.3. The van der Waals surface area contributed by atoms with Gasteiger partial charge in [-0.15, -0.1) is 0 Å². The minimum absolute atomic E-state index is 0.0612. The molecule has 3 aromatic rings. The summed E-state index contributed by atoms with van der Waals surface area (Å²) >= 11 is 0. The molecule has 0 spiro atoms. The zero-order chi connectivity index (χ0) is 19.6. The maximum absolute atomic E-state index is 14.1. The van der Waals surface area contributed by atoms with Crippen molar-refractivity contribution in [3.63, 3.8) is 0 Å². The van der Waals surface area contributed by atoms with Crippen LogP contribution in [0.5, 0.6) is 0 Å². The molecule has 0 aromatic heterocycles. The molecule has 1 atom stereocenters. The third-order valence-electron chi connectivity index (χ3n) is 4.62. The van der Waals surface area contributed by atoms with Gasteiger partial charge in [0.15, 0.2) is 0 Å². The van der Waals surface area contributed by atoms with Crippen LogP contribution in [0.4, 0.5) is 10.1 Å². The summed E-state index contributed by atoms with van der Waals surface area (Å²) in [7, 11) is -3.96. The SMILES string of the molecule is Cc1ccc(N([C@H](C)c2ccccc2)S(=O)(=O)c2ccc(C)c(F)c2)cc1. The molecule has 5 heteroatoms. The van der Waals surface area contributed by atoms with Gasteiger partial charge in [-0.25, -0.2) is 12.8 Å². The standard InChI is InChI=1S/C22H22FNO2S/c1-16-9-12-20(13-10-16)24(18(3)19-7-5-4-6-8-19)27(25,26)21-14-11-17(2)22(23)15-21/h4-15,18H,1-3H3/t18-/m1/s1. The highest BCUT2D eigenvalue weighted by atomic mass is 32.2. The molecule has 0 aliphatic heterocycles. The quantitative estimate of drug-likeness (QED) is 0.592. The van der Waals surface area contributed by atoms with Crippen molar-refractivity contribution in [2.45, 2.75) is 31.7 Å². The first-order valence-corrected chi connectivity index (χ1v) is 10.2. The Morgan fingerprint density at radius 2 is 1.52 bits per heavy atom. The lowest BCUT2D eigenvalue weighted by Gasteiger charge is -2.31. The van der Waals surface area contributed by atoms with Crippen LogP contribution in [0.25, 0.3) is 0 Å². The number of hydrogen-bond acceptors (Lipinski definition) is 2. The largest absolute Gasteiger partial charge is 0.264 e. The van der Waals surface area contributed by atoms with E-state index in [1.54, 1.807) is 19.1 Å². The Hall–Kier alpha value is -2.66. The van der Waals surface area contributed by atoms with Gasteiger partial charge in [0.2, 0.25) is 0 Å². The topological polar surface area (TPSA) is 37.4 Å². The molecule has 0 bridgehead atoms. The number of nitrogens with zero attached hydrogens (tertiary/aromatic N) is 1. The molecule has 0 N–H and O–H groups in total. The second-order valence-corrected chi connectivity index (χ2v) is 8.45. The Morgan fingerprint density at radius 1 is 0.889 bits per heavy atom. The van der Waals surface area contributed by atoms with Gasteiger partial charge in [-0.1, -0.05) is 54.1 Å². The monoisotopic (exact) mass is 383 g/mol. The molecule has 27 heavy (non-hydrogen) atoms. The van der Waals surface area contributed by atoms with Gasteiger partial charge < -0.3 is 0 Å². The first-order chi connectivity index (χ1) is 12.8. The van der Waals surface area contributed by atoms with Crippen molar-refractivity contribution in [3.8, 4) is 0 Å². The summed E-state index contributed by atoms with van der Waals surface area (Å²) in [6.07, 6.45) is 0. The molecule has 0 saturated heterocycles. The minimum atomic E-state index is -3.96. The van der Waals surface area contributed by atoms with Crippen LogP contribution in [0.2, 0.25) is 0 Å². The van der Waals surface area contributed by atoms with Crippen LogP contribution in [0.3, 0.4) is 0 Å². The predicted molar refractivity (Wildman–Crippen MR) is 107 cm³/mol. The molecule has 0 radical (unpaired) electrons. The predicted octanol–water partition coefficient (Wildman–Crippen LogP) is 5.40. The van der Waals surface area contributed by atoms with Crippen LogP contribution in [0, 0.1) is 19.7 Å². The van der Waals surface area contributed by atoms with Crippen LogP contribution in [0.15, 0.2) is 77.7 Å². The van der Waals surface area contributed by atoms with Crippen LogP contribution in [0.1, 0.15) is 29.7 Å². The molecule has 140 valence electrons. The Morgan fingerprint density at radius 3 is 2.11 bits per heavy atom. The first kappa shape index (κ1) is 19.1. The van der Waals surface area contributed by atoms with Crippen molar-refractivity contribution in [3.05, 3.63) is 95.3 Å². The van der Waals surface area contributed by atoms with Gasteiger partial charge in [-0.3, -0.25) is 4.31 Å². The fraction of sp³-hybridized carbons (Fsp3) is 0.182. The molecular formula is C22H22FNO2S. The number of sulfonamides is 1. The van der Waals surface area contributed by atoms with E-state index in [0.717, 1.165) is 17.2 Å². The van der Waals surface area contributed by atoms with Gasteiger partial charge in [-0.2, -0.15) is 0 Å². The van der Waals surface area contributed by atoms with E-state index in [4.69, 9.17) is 0 Å². The highest BCUT2D eigenvalue weighted by Gasteiger charge is 2.30. The molecular weight excluding hydrogens is 361 g/mol. The lowest BCUT2D eigenvalue weighted by Crippen LogP contribution is -2.33. The third-order valence-corrected chi connectivity index (χ3v) is 6.52. The number of aryl methyl sites for hydroxylation is 2. The number of hydrogen-bond donors (Lipinski definition) is 0. The lowest BCUT2D eigenvalue weighted by atomic mass is 10.1. The normalized spacial score (nSPS) is 12.6. The molecule has 0 aliphatic rings. The molecule has 3 rings (SSSR count). The summed E-state index contributed by atoms with van der Waals surface area (Å²) < 4.78 is 42.3. The third kappa shape index (κ3) is 3.88. The van der Waals surface area contributed by atoms with E-state index in [2.05, 4.69) is 0 Å². The van der Waals surface area contributed by atoms with Crippen LogP contribution >= 0.6 is 0 Å². The number of anilines is 1. The Kier molecular flexibility index (Phi) is 5.33. The van der Waals surface area contributed by atoms with Gasteiger partial charge in [0, 0.05) is 0 Å². The van der Waals surface area contributed by atoms with Crippen molar-refractivity contribution < 1.29 is 12.8 Å². The van der Waals surface area contributed by atoms with E-state index < -0.39 is 21.9 Å². The number of halogens is 1. The van der Waals surface area contributed by atoms with Gasteiger partial charge in [0.05, 0.1) is 16.6 Å². The number of benzene rings is 3. The summed E-state index contributed by atoms with van der Waals surface area (Å²) in [6.45, 7) is 5.38. The zero-order valence-corrected chi connectivity index (χ0v) is 16.4. The summed E-state index contributed by atoms with van der Waals surface area (Å²) in [4.78, 5) is -0.0612. The maximum atomic E-state index is 14.1. The Bertz CT molecular complexity index is 1030. The van der Waals surface area contributed by atoms with Crippen LogP contribution in [-0.2, 0) is 10.0 Å². The van der Waals surface area contributed by atoms with E-state index in [0.29, 0.717) is 11.3 Å². The highest BCUT2D eigenvalue weighted by molar-refractivity contribution is 7.92. The van der Waals surface area contributed by atoms with Gasteiger partial charge in [-0.05, 0) is 56.2 Å². The lowest BCUT2D eigenvalue weighted by molar-refractivity contribution is 0.578.